The summed E-state index contributed by atoms with van der Waals surface area (Å²) in [6, 6.07) is 16.6. The number of benzene rings is 2. The number of halogens is 2. The van der Waals surface area contributed by atoms with Crippen LogP contribution in [0.5, 0.6) is 0 Å². The highest BCUT2D eigenvalue weighted by atomic mass is 35.5. The van der Waals surface area contributed by atoms with Gasteiger partial charge >= 0.3 is 0 Å². The first-order chi connectivity index (χ1) is 13.2. The summed E-state index contributed by atoms with van der Waals surface area (Å²) in [4.78, 5) is 16.9. The molecule has 3 aromatic rings. The van der Waals surface area contributed by atoms with Crippen LogP contribution >= 0.6 is 24.8 Å². The number of imidazole rings is 1. The molecule has 5 nitrogen and oxygen atoms in total. The average molecular weight is 435 g/mol. The standard InChI is InChI=1S/C22H26N4O.2ClH/c23-12-18-4-3-5-19(18)22(27)24-13-16-8-10-17(11-9-16)14-26-15-25-20-6-1-2-7-21(20)26;;/h1-2,6-11,15,18-19H,3-5,12-14,23H2,(H,24,27);2*1H/t18-,19-;;/m1../s1. The molecule has 1 fully saturated rings. The van der Waals surface area contributed by atoms with Crippen LogP contribution in [0.1, 0.15) is 30.4 Å². The molecule has 0 unspecified atom stereocenters. The van der Waals surface area contributed by atoms with E-state index in [2.05, 4.69) is 45.2 Å². The van der Waals surface area contributed by atoms with Crippen molar-refractivity contribution >= 4 is 41.8 Å². The van der Waals surface area contributed by atoms with E-state index in [9.17, 15) is 4.79 Å². The summed E-state index contributed by atoms with van der Waals surface area (Å²) in [6.07, 6.45) is 5.03. The molecule has 156 valence electrons. The third-order valence-electron chi connectivity index (χ3n) is 5.67. The molecule has 1 heterocycles. The van der Waals surface area contributed by atoms with Gasteiger partial charge in [-0.3, -0.25) is 4.79 Å². The van der Waals surface area contributed by atoms with Crippen LogP contribution in [0.15, 0.2) is 54.9 Å². The maximum absolute atomic E-state index is 12.4. The van der Waals surface area contributed by atoms with Gasteiger partial charge in [0.25, 0.3) is 0 Å². The van der Waals surface area contributed by atoms with Crippen molar-refractivity contribution in [1.29, 1.82) is 0 Å². The molecule has 1 aliphatic carbocycles. The van der Waals surface area contributed by atoms with Crippen molar-refractivity contribution in [2.75, 3.05) is 6.54 Å². The van der Waals surface area contributed by atoms with Gasteiger partial charge in [0, 0.05) is 19.0 Å². The van der Waals surface area contributed by atoms with Crippen LogP contribution in [-0.4, -0.2) is 22.0 Å². The fraction of sp³-hybridized carbons (Fsp3) is 0.364. The fourth-order valence-electron chi connectivity index (χ4n) is 4.08. The van der Waals surface area contributed by atoms with Gasteiger partial charge < -0.3 is 15.6 Å². The second-order valence-corrected chi connectivity index (χ2v) is 7.43. The van der Waals surface area contributed by atoms with Gasteiger partial charge in [-0.25, -0.2) is 4.98 Å². The number of nitrogens with two attached hydrogens (primary N) is 1. The maximum atomic E-state index is 12.4. The van der Waals surface area contributed by atoms with E-state index in [-0.39, 0.29) is 36.6 Å². The molecule has 0 aliphatic heterocycles. The van der Waals surface area contributed by atoms with Crippen LogP contribution in [0.2, 0.25) is 0 Å². The second-order valence-electron chi connectivity index (χ2n) is 7.43. The van der Waals surface area contributed by atoms with Crippen LogP contribution in [0, 0.1) is 11.8 Å². The minimum Gasteiger partial charge on any atom is -0.352 e. The lowest BCUT2D eigenvalue weighted by atomic mass is 9.95. The Morgan fingerprint density at radius 2 is 1.79 bits per heavy atom. The molecule has 1 saturated carbocycles. The number of para-hydroxylation sites is 2. The van der Waals surface area contributed by atoms with Crippen molar-refractivity contribution in [2.45, 2.75) is 32.4 Å². The van der Waals surface area contributed by atoms with Crippen molar-refractivity contribution in [3.63, 3.8) is 0 Å². The highest BCUT2D eigenvalue weighted by Gasteiger charge is 2.31. The van der Waals surface area contributed by atoms with Gasteiger partial charge in [0.1, 0.15) is 0 Å². The lowest BCUT2D eigenvalue weighted by molar-refractivity contribution is -0.126. The molecule has 3 N–H and O–H groups in total. The summed E-state index contributed by atoms with van der Waals surface area (Å²) in [5.41, 5.74) is 10.3. The molecule has 1 amide bonds. The number of nitrogens with zero attached hydrogens (tertiary/aromatic N) is 2. The van der Waals surface area contributed by atoms with E-state index in [1.807, 2.05) is 24.5 Å². The molecule has 7 heteroatoms. The molecule has 2 atom stereocenters. The monoisotopic (exact) mass is 434 g/mol. The molecule has 4 rings (SSSR count). The van der Waals surface area contributed by atoms with Crippen molar-refractivity contribution in [1.82, 2.24) is 14.9 Å². The van der Waals surface area contributed by atoms with Crippen molar-refractivity contribution in [3.8, 4) is 0 Å². The van der Waals surface area contributed by atoms with Gasteiger partial charge in [0.2, 0.25) is 5.91 Å². The molecule has 29 heavy (non-hydrogen) atoms. The molecule has 1 aromatic heterocycles. The number of fused-ring (bicyclic) bond motifs is 1. The smallest absolute Gasteiger partial charge is 0.223 e. The SMILES string of the molecule is Cl.Cl.NC[C@H]1CCC[C@H]1C(=O)NCc1ccc(Cn2cnc3ccccc32)cc1. The first-order valence-corrected chi connectivity index (χ1v) is 9.70. The van der Waals surface area contributed by atoms with Gasteiger partial charge in [-0.1, -0.05) is 42.8 Å². The fourth-order valence-corrected chi connectivity index (χ4v) is 4.08. The Balaban J connectivity index is 0.00000150. The number of carbonyl (C=O) groups is 1. The predicted molar refractivity (Wildman–Crippen MR) is 122 cm³/mol. The largest absolute Gasteiger partial charge is 0.352 e. The van der Waals surface area contributed by atoms with Crippen LogP contribution < -0.4 is 11.1 Å². The number of hydrogen-bond donors (Lipinski definition) is 2. The van der Waals surface area contributed by atoms with Gasteiger partial charge in [-0.05, 0) is 48.6 Å². The summed E-state index contributed by atoms with van der Waals surface area (Å²) >= 11 is 0. The average Bonchev–Trinajstić information content (AvgIpc) is 3.34. The molecule has 1 aliphatic rings. The summed E-state index contributed by atoms with van der Waals surface area (Å²) < 4.78 is 2.15. The summed E-state index contributed by atoms with van der Waals surface area (Å²) in [6.45, 7) is 1.96. The first kappa shape index (κ1) is 23.2. The number of carbonyl (C=O) groups excluding carboxylic acids is 1. The van der Waals surface area contributed by atoms with E-state index in [0.717, 1.165) is 42.4 Å². The van der Waals surface area contributed by atoms with Crippen molar-refractivity contribution in [2.24, 2.45) is 17.6 Å². The quantitative estimate of drug-likeness (QED) is 0.617. The highest BCUT2D eigenvalue weighted by Crippen LogP contribution is 2.31. The Hall–Kier alpha value is -2.08. The van der Waals surface area contributed by atoms with Crippen molar-refractivity contribution < 1.29 is 4.79 Å². The van der Waals surface area contributed by atoms with E-state index in [0.29, 0.717) is 19.0 Å². The number of rotatable bonds is 6. The zero-order valence-corrected chi connectivity index (χ0v) is 17.9. The van der Waals surface area contributed by atoms with Crippen LogP contribution in [0.3, 0.4) is 0 Å². The summed E-state index contributed by atoms with van der Waals surface area (Å²) in [5.74, 6) is 0.582. The van der Waals surface area contributed by atoms with E-state index >= 15 is 0 Å². The molecular weight excluding hydrogens is 407 g/mol. The Morgan fingerprint density at radius 3 is 2.55 bits per heavy atom. The lowest BCUT2D eigenvalue weighted by Gasteiger charge is -2.17. The summed E-state index contributed by atoms with van der Waals surface area (Å²) in [5, 5.41) is 3.08. The maximum Gasteiger partial charge on any atom is 0.223 e. The Kier molecular flexibility index (Phi) is 8.50. The number of aromatic nitrogens is 2. The van der Waals surface area contributed by atoms with Gasteiger partial charge in [0.05, 0.1) is 17.4 Å². The normalized spacial score (nSPS) is 18.1. The molecule has 0 spiro atoms. The molecule has 0 saturated heterocycles. The molecular formula is C22H28Cl2N4O. The Labute approximate surface area is 183 Å². The third kappa shape index (κ3) is 5.30. The predicted octanol–water partition coefficient (Wildman–Crippen LogP) is 3.92. The Bertz CT molecular complexity index is 926. The lowest BCUT2D eigenvalue weighted by Crippen LogP contribution is -2.34. The van der Waals surface area contributed by atoms with Crippen LogP contribution in [-0.2, 0) is 17.9 Å². The minimum atomic E-state index is 0. The van der Waals surface area contributed by atoms with Crippen LogP contribution in [0.4, 0.5) is 0 Å². The van der Waals surface area contributed by atoms with E-state index in [1.54, 1.807) is 0 Å². The first-order valence-electron chi connectivity index (χ1n) is 9.70. The Morgan fingerprint density at radius 1 is 1.07 bits per heavy atom. The highest BCUT2D eigenvalue weighted by molar-refractivity contribution is 5.85. The van der Waals surface area contributed by atoms with E-state index < -0.39 is 0 Å². The van der Waals surface area contributed by atoms with Crippen molar-refractivity contribution in [3.05, 3.63) is 66.0 Å². The summed E-state index contributed by atoms with van der Waals surface area (Å²) in [7, 11) is 0. The topological polar surface area (TPSA) is 72.9 Å². The van der Waals surface area contributed by atoms with Gasteiger partial charge in [-0.2, -0.15) is 0 Å². The van der Waals surface area contributed by atoms with Crippen LogP contribution in [0.25, 0.3) is 11.0 Å². The van der Waals surface area contributed by atoms with Gasteiger partial charge in [0.15, 0.2) is 0 Å². The number of nitrogens with one attached hydrogen (secondary N) is 1. The zero-order chi connectivity index (χ0) is 18.6. The minimum absolute atomic E-state index is 0. The van der Waals surface area contributed by atoms with E-state index in [1.165, 1.54) is 5.56 Å². The number of amides is 1. The third-order valence-corrected chi connectivity index (χ3v) is 5.67. The molecule has 2 aromatic carbocycles. The van der Waals surface area contributed by atoms with Gasteiger partial charge in [-0.15, -0.1) is 24.8 Å². The molecule has 0 radical (unpaired) electrons. The molecule has 0 bridgehead atoms. The van der Waals surface area contributed by atoms with E-state index in [4.69, 9.17) is 5.73 Å². The number of hydrogen-bond acceptors (Lipinski definition) is 3. The second kappa shape index (κ2) is 10.6. The zero-order valence-electron chi connectivity index (χ0n) is 16.3.